The van der Waals surface area contributed by atoms with Gasteiger partial charge in [-0.05, 0) is 30.3 Å². The van der Waals surface area contributed by atoms with E-state index in [1.54, 1.807) is 6.07 Å². The first-order valence-electron chi connectivity index (χ1n) is 8.36. The van der Waals surface area contributed by atoms with Crippen LogP contribution in [-0.4, -0.2) is 22.6 Å². The Hall–Kier alpha value is -2.93. The first-order valence-corrected chi connectivity index (χ1v) is 8.73. The van der Waals surface area contributed by atoms with Crippen molar-refractivity contribution in [3.8, 4) is 5.75 Å². The molecule has 1 atom stereocenters. The highest BCUT2D eigenvalue weighted by molar-refractivity contribution is 6.30. The minimum atomic E-state index is -0.566. The van der Waals surface area contributed by atoms with Crippen molar-refractivity contribution in [1.29, 1.82) is 0 Å². The Kier molecular flexibility index (Phi) is 4.77. The number of amides is 1. The van der Waals surface area contributed by atoms with E-state index in [0.29, 0.717) is 29.7 Å². The molecule has 2 aromatic carbocycles. The average molecular weight is 388 g/mol. The third-order valence-electron chi connectivity index (χ3n) is 4.28. The number of halogens is 2. The van der Waals surface area contributed by atoms with E-state index in [-0.39, 0.29) is 29.9 Å². The van der Waals surface area contributed by atoms with Crippen molar-refractivity contribution in [1.82, 2.24) is 10.1 Å². The molecule has 27 heavy (non-hydrogen) atoms. The quantitative estimate of drug-likeness (QED) is 0.662. The summed E-state index contributed by atoms with van der Waals surface area (Å²) in [6.07, 6.45) is 0.214. The number of rotatable bonds is 5. The van der Waals surface area contributed by atoms with Gasteiger partial charge in [0.1, 0.15) is 11.6 Å². The Morgan fingerprint density at radius 1 is 1.26 bits per heavy atom. The zero-order chi connectivity index (χ0) is 18.8. The van der Waals surface area contributed by atoms with Crippen molar-refractivity contribution in [3.63, 3.8) is 0 Å². The fourth-order valence-corrected chi connectivity index (χ4v) is 3.05. The number of hydrogen-bond acceptors (Lipinski definition) is 5. The molecule has 1 aromatic heterocycles. The molecule has 1 amide bonds. The second kappa shape index (κ2) is 7.36. The maximum absolute atomic E-state index is 13.7. The Bertz CT molecular complexity index is 964. The fourth-order valence-electron chi connectivity index (χ4n) is 2.93. The molecule has 2 heterocycles. The van der Waals surface area contributed by atoms with Crippen LogP contribution in [0.5, 0.6) is 5.75 Å². The third-order valence-corrected chi connectivity index (χ3v) is 4.59. The predicted octanol–water partition coefficient (Wildman–Crippen LogP) is 3.96. The van der Waals surface area contributed by atoms with Gasteiger partial charge in [-0.3, -0.25) is 4.79 Å². The Morgan fingerprint density at radius 2 is 2.07 bits per heavy atom. The molecule has 0 radical (unpaired) electrons. The molecule has 0 spiro atoms. The van der Waals surface area contributed by atoms with Crippen LogP contribution in [0.3, 0.4) is 0 Å². The summed E-state index contributed by atoms with van der Waals surface area (Å²) in [6.45, 7) is 0.501. The summed E-state index contributed by atoms with van der Waals surface area (Å²) < 4.78 is 24.6. The molecule has 1 aliphatic rings. The summed E-state index contributed by atoms with van der Waals surface area (Å²) in [6, 6.07) is 13.6. The number of hydrogen-bond donors (Lipinski definition) is 0. The van der Waals surface area contributed by atoms with Gasteiger partial charge < -0.3 is 14.2 Å². The molecule has 4 rings (SSSR count). The third kappa shape index (κ3) is 3.78. The second-order valence-corrected chi connectivity index (χ2v) is 6.56. The SMILES string of the molecule is O=C1CC(c2nc(COc3ccccc3)no2)CN1c1ccc(Cl)c(F)c1. The second-order valence-electron chi connectivity index (χ2n) is 6.15. The molecule has 6 nitrogen and oxygen atoms in total. The molecule has 3 aromatic rings. The highest BCUT2D eigenvalue weighted by Crippen LogP contribution is 2.32. The van der Waals surface area contributed by atoms with E-state index in [1.807, 2.05) is 30.3 Å². The van der Waals surface area contributed by atoms with Crippen LogP contribution < -0.4 is 9.64 Å². The van der Waals surface area contributed by atoms with Crippen molar-refractivity contribution in [2.24, 2.45) is 0 Å². The molecule has 0 N–H and O–H groups in total. The molecular formula is C19H15ClFN3O3. The van der Waals surface area contributed by atoms with Crippen LogP contribution in [0.25, 0.3) is 0 Å². The lowest BCUT2D eigenvalue weighted by Crippen LogP contribution is -2.24. The van der Waals surface area contributed by atoms with Crippen LogP contribution in [0.15, 0.2) is 53.1 Å². The van der Waals surface area contributed by atoms with E-state index in [0.717, 1.165) is 0 Å². The standard InChI is InChI=1S/C19H15ClFN3O3/c20-15-7-6-13(9-16(15)21)24-10-12(8-18(24)25)19-22-17(23-27-19)11-26-14-4-2-1-3-5-14/h1-7,9,12H,8,10-11H2. The van der Waals surface area contributed by atoms with E-state index in [4.69, 9.17) is 20.9 Å². The van der Waals surface area contributed by atoms with Crippen molar-refractivity contribution in [3.05, 3.63) is 71.1 Å². The first-order chi connectivity index (χ1) is 13.1. The monoisotopic (exact) mass is 387 g/mol. The van der Waals surface area contributed by atoms with Gasteiger partial charge in [0.2, 0.25) is 17.6 Å². The van der Waals surface area contributed by atoms with Gasteiger partial charge in [-0.2, -0.15) is 4.98 Å². The molecule has 8 heteroatoms. The highest BCUT2D eigenvalue weighted by Gasteiger charge is 2.35. The molecule has 0 saturated carbocycles. The Balaban J connectivity index is 1.43. The van der Waals surface area contributed by atoms with E-state index in [1.165, 1.54) is 17.0 Å². The smallest absolute Gasteiger partial charge is 0.232 e. The largest absolute Gasteiger partial charge is 0.485 e. The number of benzene rings is 2. The van der Waals surface area contributed by atoms with Crippen LogP contribution >= 0.6 is 11.6 Å². The van der Waals surface area contributed by atoms with Crippen LogP contribution in [0.4, 0.5) is 10.1 Å². The number of anilines is 1. The number of carbonyl (C=O) groups excluding carboxylic acids is 1. The van der Waals surface area contributed by atoms with Gasteiger partial charge in [-0.25, -0.2) is 4.39 Å². The van der Waals surface area contributed by atoms with Crippen LogP contribution in [-0.2, 0) is 11.4 Å². The van der Waals surface area contributed by atoms with Gasteiger partial charge >= 0.3 is 0 Å². The molecule has 1 unspecified atom stereocenters. The number of ether oxygens (including phenoxy) is 1. The number of para-hydroxylation sites is 1. The maximum Gasteiger partial charge on any atom is 0.232 e. The van der Waals surface area contributed by atoms with Crippen LogP contribution in [0, 0.1) is 5.82 Å². The number of carbonyl (C=O) groups is 1. The topological polar surface area (TPSA) is 68.5 Å². The van der Waals surface area contributed by atoms with Crippen molar-refractivity contribution in [2.75, 3.05) is 11.4 Å². The van der Waals surface area contributed by atoms with E-state index >= 15 is 0 Å². The van der Waals surface area contributed by atoms with Crippen molar-refractivity contribution < 1.29 is 18.4 Å². The lowest BCUT2D eigenvalue weighted by atomic mass is 10.1. The van der Waals surface area contributed by atoms with Gasteiger partial charge in [-0.1, -0.05) is 35.0 Å². The summed E-state index contributed by atoms with van der Waals surface area (Å²) in [5.74, 6) is 0.514. The lowest BCUT2D eigenvalue weighted by Gasteiger charge is -2.16. The molecule has 1 fully saturated rings. The highest BCUT2D eigenvalue weighted by atomic mass is 35.5. The van der Waals surface area contributed by atoms with Gasteiger partial charge in [0.15, 0.2) is 6.61 Å². The number of aromatic nitrogens is 2. The normalized spacial score (nSPS) is 16.7. The molecule has 1 saturated heterocycles. The van der Waals surface area contributed by atoms with E-state index in [9.17, 15) is 9.18 Å². The predicted molar refractivity (Wildman–Crippen MR) is 96.2 cm³/mol. The molecule has 1 aliphatic heterocycles. The van der Waals surface area contributed by atoms with Gasteiger partial charge in [0, 0.05) is 18.7 Å². The lowest BCUT2D eigenvalue weighted by molar-refractivity contribution is -0.117. The van der Waals surface area contributed by atoms with Crippen LogP contribution in [0.1, 0.15) is 24.1 Å². The zero-order valence-corrected chi connectivity index (χ0v) is 14.9. The van der Waals surface area contributed by atoms with Crippen LogP contribution in [0.2, 0.25) is 5.02 Å². The summed E-state index contributed by atoms with van der Waals surface area (Å²) in [5.41, 5.74) is 0.455. The van der Waals surface area contributed by atoms with E-state index < -0.39 is 5.82 Å². The van der Waals surface area contributed by atoms with Crippen molar-refractivity contribution >= 4 is 23.2 Å². The Labute approximate surface area is 159 Å². The minimum absolute atomic E-state index is 0.0157. The minimum Gasteiger partial charge on any atom is -0.485 e. The summed E-state index contributed by atoms with van der Waals surface area (Å²) in [4.78, 5) is 18.1. The Morgan fingerprint density at radius 3 is 2.85 bits per heavy atom. The molecular weight excluding hydrogens is 373 g/mol. The molecule has 138 valence electrons. The fraction of sp³-hybridized carbons (Fsp3) is 0.211. The maximum atomic E-state index is 13.7. The van der Waals surface area contributed by atoms with E-state index in [2.05, 4.69) is 10.1 Å². The average Bonchev–Trinajstić information content (AvgIpc) is 3.30. The summed E-state index contributed by atoms with van der Waals surface area (Å²) in [5, 5.41) is 3.92. The number of nitrogens with zero attached hydrogens (tertiary/aromatic N) is 3. The van der Waals surface area contributed by atoms with Gasteiger partial charge in [-0.15, -0.1) is 0 Å². The van der Waals surface area contributed by atoms with Gasteiger partial charge in [0.25, 0.3) is 0 Å². The van der Waals surface area contributed by atoms with Gasteiger partial charge in [0.05, 0.1) is 10.9 Å². The first kappa shape index (κ1) is 17.5. The van der Waals surface area contributed by atoms with Crippen molar-refractivity contribution in [2.45, 2.75) is 18.9 Å². The zero-order valence-electron chi connectivity index (χ0n) is 14.1. The molecule has 0 aliphatic carbocycles. The molecule has 0 bridgehead atoms. The summed E-state index contributed by atoms with van der Waals surface area (Å²) >= 11 is 5.70. The summed E-state index contributed by atoms with van der Waals surface area (Å²) in [7, 11) is 0.